The molecule has 0 spiro atoms. The fourth-order valence-electron chi connectivity index (χ4n) is 3.61. The van der Waals surface area contributed by atoms with Crippen molar-refractivity contribution in [1.82, 2.24) is 0 Å². The first-order valence-corrected chi connectivity index (χ1v) is 10.8. The van der Waals surface area contributed by atoms with Crippen molar-refractivity contribution in [2.45, 2.75) is 27.2 Å². The second-order valence-electron chi connectivity index (χ2n) is 6.80. The number of hydrogen-bond acceptors (Lipinski definition) is 2. The summed E-state index contributed by atoms with van der Waals surface area (Å²) < 4.78 is 79.3. The van der Waals surface area contributed by atoms with E-state index in [9.17, 15) is 26.3 Å². The maximum atomic E-state index is 13.2. The fraction of sp³-hybridized carbons (Fsp3) is 0.130. The van der Waals surface area contributed by atoms with Gasteiger partial charge in [0.1, 0.15) is 0 Å². The quantitative estimate of drug-likeness (QED) is 0.217. The van der Waals surface area contributed by atoms with E-state index in [0.29, 0.717) is 21.9 Å². The average Bonchev–Trinajstić information content (AvgIpc) is 2.69. The Bertz CT molecular complexity index is 1150. The highest BCUT2D eigenvalue weighted by Gasteiger charge is 2.33. The van der Waals surface area contributed by atoms with E-state index in [1.54, 1.807) is 60.7 Å². The van der Waals surface area contributed by atoms with Crippen molar-refractivity contribution in [2.24, 2.45) is 0 Å². The molecule has 0 nitrogen and oxygen atoms in total. The minimum atomic E-state index is -4.51. The van der Waals surface area contributed by atoms with Crippen LogP contribution < -0.4 is 0 Å². The monoisotopic (exact) mass is 468 g/mol. The van der Waals surface area contributed by atoms with Crippen molar-refractivity contribution in [3.8, 4) is 0 Å². The van der Waals surface area contributed by atoms with Crippen LogP contribution >= 0.6 is 23.5 Å². The Morgan fingerprint density at radius 2 is 0.903 bits per heavy atom. The summed E-state index contributed by atoms with van der Waals surface area (Å²) in [5, 5.41) is 2.64. The Morgan fingerprint density at radius 1 is 0.516 bits per heavy atom. The van der Waals surface area contributed by atoms with Crippen molar-refractivity contribution in [1.29, 1.82) is 0 Å². The Morgan fingerprint density at radius 3 is 1.29 bits per heavy atom. The molecular weight excluding hydrogens is 454 g/mol. The summed E-state index contributed by atoms with van der Waals surface area (Å²) in [6.07, 6.45) is -0.0560. The van der Waals surface area contributed by atoms with E-state index in [1.807, 2.05) is 0 Å². The van der Waals surface area contributed by atoms with Crippen LogP contribution in [-0.2, 0) is 6.42 Å². The molecule has 0 N–H and O–H groups in total. The van der Waals surface area contributed by atoms with Gasteiger partial charge in [0.2, 0.25) is 0 Å². The zero-order valence-corrected chi connectivity index (χ0v) is 17.4. The van der Waals surface area contributed by atoms with Crippen LogP contribution in [0.1, 0.15) is 11.1 Å². The van der Waals surface area contributed by atoms with E-state index >= 15 is 0 Å². The van der Waals surface area contributed by atoms with Crippen LogP contribution in [-0.4, -0.2) is 11.0 Å². The normalized spacial score (nSPS) is 12.6. The molecule has 0 unspecified atom stereocenters. The lowest BCUT2D eigenvalue weighted by Gasteiger charge is -2.18. The molecule has 4 aromatic rings. The maximum Gasteiger partial charge on any atom is 0.446 e. The van der Waals surface area contributed by atoms with Crippen molar-refractivity contribution in [3.05, 3.63) is 83.9 Å². The predicted molar refractivity (Wildman–Crippen MR) is 115 cm³/mol. The molecule has 0 bridgehead atoms. The van der Waals surface area contributed by atoms with E-state index in [4.69, 9.17) is 0 Å². The van der Waals surface area contributed by atoms with Gasteiger partial charge in [-0.1, -0.05) is 60.7 Å². The molecule has 8 heteroatoms. The first-order chi connectivity index (χ1) is 14.6. The van der Waals surface area contributed by atoms with Gasteiger partial charge >= 0.3 is 11.0 Å². The third-order valence-electron chi connectivity index (χ3n) is 4.80. The van der Waals surface area contributed by atoms with Gasteiger partial charge in [-0.25, -0.2) is 0 Å². The molecule has 31 heavy (non-hydrogen) atoms. The van der Waals surface area contributed by atoms with Gasteiger partial charge in [0.05, 0.1) is 0 Å². The van der Waals surface area contributed by atoms with Gasteiger partial charge in [-0.2, -0.15) is 26.3 Å². The van der Waals surface area contributed by atoms with Gasteiger partial charge in [0.15, 0.2) is 0 Å². The number of hydrogen-bond donors (Lipinski definition) is 0. The highest BCUT2D eigenvalue weighted by atomic mass is 32.2. The van der Waals surface area contributed by atoms with E-state index in [-0.39, 0.29) is 39.7 Å². The highest BCUT2D eigenvalue weighted by Crippen LogP contribution is 2.45. The van der Waals surface area contributed by atoms with Crippen LogP contribution in [0.4, 0.5) is 26.3 Å². The molecule has 0 saturated heterocycles. The molecule has 160 valence electrons. The van der Waals surface area contributed by atoms with Gasteiger partial charge in [0, 0.05) is 16.2 Å². The second-order valence-corrected chi connectivity index (χ2v) is 9.01. The molecule has 0 fully saturated rings. The summed E-state index contributed by atoms with van der Waals surface area (Å²) in [6.45, 7) is 0. The summed E-state index contributed by atoms with van der Waals surface area (Å²) in [4.78, 5) is -0.0239. The number of fused-ring (bicyclic) bond motifs is 2. The van der Waals surface area contributed by atoms with Crippen molar-refractivity contribution < 1.29 is 26.3 Å². The van der Waals surface area contributed by atoms with E-state index < -0.39 is 11.0 Å². The molecule has 0 heterocycles. The zero-order chi connectivity index (χ0) is 22.2. The van der Waals surface area contributed by atoms with Gasteiger partial charge in [0.25, 0.3) is 0 Å². The fourth-order valence-corrected chi connectivity index (χ4v) is 5.00. The summed E-state index contributed by atoms with van der Waals surface area (Å²) in [6, 6.07) is 19.9. The molecule has 0 atom stereocenters. The third kappa shape index (κ3) is 5.13. The van der Waals surface area contributed by atoms with Gasteiger partial charge in [-0.15, -0.1) is 0 Å². The number of thioether (sulfide) groups is 2. The largest absolute Gasteiger partial charge is 0.446 e. The first kappa shape index (κ1) is 21.9. The molecule has 0 radical (unpaired) electrons. The molecule has 0 aliphatic heterocycles. The maximum absolute atomic E-state index is 13.2. The lowest BCUT2D eigenvalue weighted by atomic mass is 9.95. The molecule has 0 amide bonds. The van der Waals surface area contributed by atoms with Gasteiger partial charge in [-0.3, -0.25) is 0 Å². The minimum absolute atomic E-state index is 0.0120. The molecular formula is C23H14F6S2. The third-order valence-corrected chi connectivity index (χ3v) is 6.47. The van der Waals surface area contributed by atoms with Gasteiger partial charge < -0.3 is 0 Å². The van der Waals surface area contributed by atoms with Crippen LogP contribution in [0.3, 0.4) is 0 Å². The highest BCUT2D eigenvalue weighted by molar-refractivity contribution is 8.00. The van der Waals surface area contributed by atoms with E-state index in [2.05, 4.69) is 0 Å². The lowest BCUT2D eigenvalue weighted by Crippen LogP contribution is -2.05. The Labute approximate surface area is 182 Å². The summed E-state index contributed by atoms with van der Waals surface area (Å²) >= 11 is -0.486. The summed E-state index contributed by atoms with van der Waals surface area (Å²) in [5.41, 5.74) is -8.31. The Hall–Kier alpha value is -2.32. The number of benzene rings is 4. The van der Waals surface area contributed by atoms with Gasteiger partial charge in [-0.05, 0) is 68.3 Å². The van der Waals surface area contributed by atoms with E-state index in [0.717, 1.165) is 10.8 Å². The molecule has 4 aromatic carbocycles. The Kier molecular flexibility index (Phi) is 5.87. The SMILES string of the molecule is FC(F)(F)Sc1ccc2ccccc2c1Cc1c(SC(F)(F)F)ccc2ccccc12. The minimum Gasteiger partial charge on any atom is -0.160 e. The van der Waals surface area contributed by atoms with Crippen LogP contribution in [0.2, 0.25) is 0 Å². The molecule has 0 aliphatic rings. The predicted octanol–water partition coefficient (Wildman–Crippen LogP) is 8.81. The summed E-state index contributed by atoms with van der Waals surface area (Å²) in [5.74, 6) is 0. The molecule has 4 rings (SSSR count). The number of alkyl halides is 6. The van der Waals surface area contributed by atoms with Crippen LogP contribution in [0.25, 0.3) is 21.5 Å². The first-order valence-electron chi connectivity index (χ1n) is 9.13. The van der Waals surface area contributed by atoms with Crippen LogP contribution in [0.5, 0.6) is 0 Å². The van der Waals surface area contributed by atoms with E-state index in [1.165, 1.54) is 12.1 Å². The second kappa shape index (κ2) is 8.31. The topological polar surface area (TPSA) is 0 Å². The molecule has 0 aromatic heterocycles. The van der Waals surface area contributed by atoms with Crippen LogP contribution in [0.15, 0.2) is 82.6 Å². The number of rotatable bonds is 4. The van der Waals surface area contributed by atoms with Crippen molar-refractivity contribution >= 4 is 45.1 Å². The smallest absolute Gasteiger partial charge is 0.160 e. The average molecular weight is 468 g/mol. The lowest BCUT2D eigenvalue weighted by molar-refractivity contribution is -0.0336. The molecule has 0 aliphatic carbocycles. The van der Waals surface area contributed by atoms with Crippen LogP contribution in [0, 0.1) is 0 Å². The summed E-state index contributed by atoms with van der Waals surface area (Å²) in [7, 11) is 0. The van der Waals surface area contributed by atoms with Crippen molar-refractivity contribution in [3.63, 3.8) is 0 Å². The zero-order valence-electron chi connectivity index (χ0n) is 15.7. The Balaban J connectivity index is 1.94. The number of halogens is 6. The molecule has 0 saturated carbocycles. The van der Waals surface area contributed by atoms with Crippen molar-refractivity contribution in [2.75, 3.05) is 0 Å². The standard InChI is InChI=1S/C23H14F6S2/c24-22(25,26)30-20-11-9-14-5-1-3-7-16(14)18(20)13-19-17-8-4-2-6-15(17)10-12-21(19)31-23(27,28)29/h1-12H,13H2.